The van der Waals surface area contributed by atoms with E-state index in [0.29, 0.717) is 25.2 Å². The van der Waals surface area contributed by atoms with Crippen LogP contribution in [0.15, 0.2) is 42.9 Å². The van der Waals surface area contributed by atoms with Crippen molar-refractivity contribution in [2.24, 2.45) is 0 Å². The minimum atomic E-state index is -1.38. The van der Waals surface area contributed by atoms with Crippen molar-refractivity contribution in [3.05, 3.63) is 54.2 Å². The number of amides is 1. The van der Waals surface area contributed by atoms with E-state index in [9.17, 15) is 9.90 Å². The lowest BCUT2D eigenvalue weighted by molar-refractivity contribution is -0.140. The van der Waals surface area contributed by atoms with Crippen molar-refractivity contribution < 1.29 is 14.6 Å². The zero-order valence-electron chi connectivity index (χ0n) is 24.4. The van der Waals surface area contributed by atoms with Crippen LogP contribution in [0.4, 0.5) is 5.82 Å². The van der Waals surface area contributed by atoms with Gasteiger partial charge in [-0.2, -0.15) is 5.10 Å². The van der Waals surface area contributed by atoms with Gasteiger partial charge in [-0.05, 0) is 76.3 Å². The van der Waals surface area contributed by atoms with Crippen molar-refractivity contribution in [2.45, 2.75) is 102 Å². The Morgan fingerprint density at radius 2 is 1.75 bits per heavy atom. The summed E-state index contributed by atoms with van der Waals surface area (Å²) in [6, 6.07) is 8.21. The summed E-state index contributed by atoms with van der Waals surface area (Å²) < 4.78 is 7.42. The molecule has 2 saturated carbocycles. The number of anilines is 1. The van der Waals surface area contributed by atoms with Gasteiger partial charge in [-0.25, -0.2) is 4.98 Å². The molecule has 2 aliphatic rings. The second kappa shape index (κ2) is 11.7. The van der Waals surface area contributed by atoms with Crippen molar-refractivity contribution in [2.75, 3.05) is 18.6 Å². The van der Waals surface area contributed by atoms with E-state index in [4.69, 9.17) is 14.7 Å². The quantitative estimate of drug-likeness (QED) is 0.364. The Kier molecular flexibility index (Phi) is 8.26. The van der Waals surface area contributed by atoms with Gasteiger partial charge in [0.1, 0.15) is 17.2 Å². The summed E-state index contributed by atoms with van der Waals surface area (Å²) in [6.07, 6.45) is 14.5. The summed E-state index contributed by atoms with van der Waals surface area (Å²) in [7, 11) is 1.66. The van der Waals surface area contributed by atoms with Gasteiger partial charge >= 0.3 is 0 Å². The van der Waals surface area contributed by atoms with Crippen LogP contribution in [0, 0.1) is 6.92 Å². The van der Waals surface area contributed by atoms with Gasteiger partial charge in [0, 0.05) is 41.7 Å². The molecule has 8 nitrogen and oxygen atoms in total. The zero-order chi connectivity index (χ0) is 28.3. The van der Waals surface area contributed by atoms with E-state index >= 15 is 0 Å². The first kappa shape index (κ1) is 28.3. The molecule has 0 bridgehead atoms. The van der Waals surface area contributed by atoms with Crippen molar-refractivity contribution in [1.29, 1.82) is 0 Å². The molecule has 0 saturated heterocycles. The molecule has 0 radical (unpaired) electrons. The molecule has 0 spiro atoms. The third-order valence-electron chi connectivity index (χ3n) is 8.88. The summed E-state index contributed by atoms with van der Waals surface area (Å²) in [6.45, 7) is 6.58. The molecular formula is C32H43N5O3. The minimum Gasteiger partial charge on any atom is -0.495 e. The average molecular weight is 546 g/mol. The molecule has 2 aliphatic carbocycles. The van der Waals surface area contributed by atoms with Crippen molar-refractivity contribution in [1.82, 2.24) is 19.7 Å². The van der Waals surface area contributed by atoms with E-state index in [-0.39, 0.29) is 17.4 Å². The Bertz CT molecular complexity index is 1320. The lowest BCUT2D eigenvalue weighted by Gasteiger charge is -2.43. The van der Waals surface area contributed by atoms with E-state index < -0.39 is 5.60 Å². The fourth-order valence-corrected chi connectivity index (χ4v) is 6.46. The summed E-state index contributed by atoms with van der Waals surface area (Å²) in [5.41, 5.74) is 2.03. The third kappa shape index (κ3) is 5.64. The number of ether oxygens (including phenoxy) is 1. The summed E-state index contributed by atoms with van der Waals surface area (Å²) in [4.78, 5) is 25.8. The molecule has 3 heterocycles. The second-order valence-electron chi connectivity index (χ2n) is 12.0. The highest BCUT2D eigenvalue weighted by Gasteiger charge is 2.45. The molecule has 0 aliphatic heterocycles. The molecular weight excluding hydrogens is 502 g/mol. The fraction of sp³-hybridized carbons (Fsp3) is 0.562. The Hall–Kier alpha value is -3.26. The summed E-state index contributed by atoms with van der Waals surface area (Å²) in [5, 5.41) is 16.2. The molecule has 214 valence electrons. The van der Waals surface area contributed by atoms with E-state index in [1.54, 1.807) is 18.2 Å². The first-order chi connectivity index (χ1) is 19.2. The van der Waals surface area contributed by atoms with Crippen LogP contribution in [0.25, 0.3) is 11.1 Å². The monoisotopic (exact) mass is 545 g/mol. The van der Waals surface area contributed by atoms with Crippen molar-refractivity contribution in [3.8, 4) is 16.9 Å². The van der Waals surface area contributed by atoms with Crippen LogP contribution >= 0.6 is 0 Å². The Morgan fingerprint density at radius 3 is 2.38 bits per heavy atom. The van der Waals surface area contributed by atoms with Crippen LogP contribution in [0.3, 0.4) is 0 Å². The lowest BCUT2D eigenvalue weighted by Crippen LogP contribution is -2.55. The SMILES string of the molecule is COc1ccc(C2(CN(C(=O)C3(O)CCCCC3)c3cc(-c4cnn(C(C)C)c4)ccn3)CCCCC2)nc1C. The number of pyridine rings is 2. The predicted octanol–water partition coefficient (Wildman–Crippen LogP) is 6.17. The maximum Gasteiger partial charge on any atom is 0.260 e. The van der Waals surface area contributed by atoms with E-state index in [1.165, 1.54) is 6.42 Å². The molecule has 5 rings (SSSR count). The number of aromatic nitrogens is 4. The Balaban J connectivity index is 1.58. The van der Waals surface area contributed by atoms with Crippen LogP contribution in [-0.4, -0.2) is 50.0 Å². The number of aliphatic hydroxyl groups is 1. The zero-order valence-corrected chi connectivity index (χ0v) is 24.4. The first-order valence-corrected chi connectivity index (χ1v) is 14.8. The predicted molar refractivity (Wildman–Crippen MR) is 157 cm³/mol. The van der Waals surface area contributed by atoms with Crippen molar-refractivity contribution >= 4 is 11.7 Å². The van der Waals surface area contributed by atoms with E-state index in [1.807, 2.05) is 42.2 Å². The highest BCUT2D eigenvalue weighted by molar-refractivity contribution is 5.99. The number of carbonyl (C=O) groups is 1. The average Bonchev–Trinajstić information content (AvgIpc) is 3.48. The van der Waals surface area contributed by atoms with Crippen LogP contribution in [0.5, 0.6) is 5.75 Å². The van der Waals surface area contributed by atoms with Gasteiger partial charge in [0.15, 0.2) is 0 Å². The second-order valence-corrected chi connectivity index (χ2v) is 12.0. The molecule has 2 fully saturated rings. The van der Waals surface area contributed by atoms with Gasteiger partial charge in [-0.3, -0.25) is 19.4 Å². The normalized spacial score (nSPS) is 18.4. The van der Waals surface area contributed by atoms with Gasteiger partial charge in [0.25, 0.3) is 5.91 Å². The Morgan fingerprint density at radius 1 is 1.05 bits per heavy atom. The van der Waals surface area contributed by atoms with Crippen LogP contribution < -0.4 is 9.64 Å². The molecule has 0 atom stereocenters. The van der Waals surface area contributed by atoms with Gasteiger partial charge in [-0.1, -0.05) is 38.5 Å². The number of aryl methyl sites for hydroxylation is 1. The summed E-state index contributed by atoms with van der Waals surface area (Å²) in [5.74, 6) is 1.08. The highest BCUT2D eigenvalue weighted by atomic mass is 16.5. The number of hydrogen-bond donors (Lipinski definition) is 1. The van der Waals surface area contributed by atoms with E-state index in [0.717, 1.165) is 73.2 Å². The smallest absolute Gasteiger partial charge is 0.260 e. The minimum absolute atomic E-state index is 0.245. The van der Waals surface area contributed by atoms with Gasteiger partial charge < -0.3 is 9.84 Å². The topological polar surface area (TPSA) is 93.4 Å². The third-order valence-corrected chi connectivity index (χ3v) is 8.88. The maximum atomic E-state index is 14.4. The first-order valence-electron chi connectivity index (χ1n) is 14.8. The molecule has 1 N–H and O–H groups in total. The van der Waals surface area contributed by atoms with Crippen LogP contribution in [-0.2, 0) is 10.2 Å². The lowest BCUT2D eigenvalue weighted by atomic mass is 9.70. The van der Waals surface area contributed by atoms with Gasteiger partial charge in [-0.15, -0.1) is 0 Å². The van der Waals surface area contributed by atoms with E-state index in [2.05, 4.69) is 25.0 Å². The molecule has 3 aromatic rings. The maximum absolute atomic E-state index is 14.4. The number of hydrogen-bond acceptors (Lipinski definition) is 6. The summed E-state index contributed by atoms with van der Waals surface area (Å²) >= 11 is 0. The molecule has 0 aromatic carbocycles. The molecule has 40 heavy (non-hydrogen) atoms. The van der Waals surface area contributed by atoms with Crippen LogP contribution in [0.2, 0.25) is 0 Å². The largest absolute Gasteiger partial charge is 0.495 e. The standard InChI is InChI=1S/C32H43N5O3/c1-23(2)37-21-26(20-34-37)25-13-18-33-29(19-25)36(30(38)32(39)16-9-6-10-17-32)22-31(14-7-5-8-15-31)28-12-11-27(40-4)24(3)35-28/h11-13,18-21,23,39H,5-10,14-17,22H2,1-4H3. The highest BCUT2D eigenvalue weighted by Crippen LogP contribution is 2.42. The number of methoxy groups -OCH3 is 1. The van der Waals surface area contributed by atoms with Gasteiger partial charge in [0.05, 0.1) is 19.0 Å². The van der Waals surface area contributed by atoms with Gasteiger partial charge in [0.2, 0.25) is 0 Å². The molecule has 3 aromatic heterocycles. The molecule has 1 amide bonds. The molecule has 8 heteroatoms. The fourth-order valence-electron chi connectivity index (χ4n) is 6.46. The number of rotatable bonds is 8. The van der Waals surface area contributed by atoms with Crippen LogP contribution in [0.1, 0.15) is 95.5 Å². The number of nitrogens with zero attached hydrogens (tertiary/aromatic N) is 5. The number of carbonyl (C=O) groups excluding carboxylic acids is 1. The van der Waals surface area contributed by atoms with Crippen molar-refractivity contribution in [3.63, 3.8) is 0 Å². The molecule has 0 unspecified atom stereocenters. The Labute approximate surface area is 237 Å².